The van der Waals surface area contributed by atoms with Crippen LogP contribution in [0, 0.1) is 0 Å². The number of aromatic amines is 1. The van der Waals surface area contributed by atoms with E-state index >= 15 is 0 Å². The number of carbonyl (C=O) groups excluding carboxylic acids is 2. The van der Waals surface area contributed by atoms with Crippen molar-refractivity contribution in [3.05, 3.63) is 84.7 Å². The lowest BCUT2D eigenvalue weighted by atomic mass is 10.00. The molecule has 2 N–H and O–H groups in total. The molecule has 1 unspecified atom stereocenters. The molecule has 4 aromatic rings. The minimum atomic E-state index is -0.710. The van der Waals surface area contributed by atoms with E-state index in [9.17, 15) is 9.59 Å². The molecule has 0 spiro atoms. The molecule has 2 heterocycles. The van der Waals surface area contributed by atoms with Crippen molar-refractivity contribution in [2.45, 2.75) is 6.04 Å². The quantitative estimate of drug-likeness (QED) is 0.536. The van der Waals surface area contributed by atoms with Crippen LogP contribution in [0.25, 0.3) is 22.2 Å². The van der Waals surface area contributed by atoms with Crippen molar-refractivity contribution in [1.29, 1.82) is 0 Å². The smallest absolute Gasteiger partial charge is 0.329 e. The van der Waals surface area contributed by atoms with Gasteiger partial charge in [0.15, 0.2) is 0 Å². The lowest BCUT2D eigenvalue weighted by Crippen LogP contribution is -2.29. The first-order chi connectivity index (χ1) is 13.7. The van der Waals surface area contributed by atoms with Gasteiger partial charge < -0.3 is 4.98 Å². The lowest BCUT2D eigenvalue weighted by Gasteiger charge is -2.22. The number of nitrogens with zero attached hydrogens (tertiary/aromatic N) is 2. The van der Waals surface area contributed by atoms with Crippen LogP contribution in [0.2, 0.25) is 0 Å². The first kappa shape index (κ1) is 16.3. The van der Waals surface area contributed by atoms with Crippen LogP contribution in [-0.4, -0.2) is 21.9 Å². The van der Waals surface area contributed by atoms with Gasteiger partial charge >= 0.3 is 6.03 Å². The Hall–Kier alpha value is -3.93. The van der Waals surface area contributed by atoms with Gasteiger partial charge in [-0.1, -0.05) is 54.6 Å². The normalized spacial score (nSPS) is 16.6. The van der Waals surface area contributed by atoms with Crippen LogP contribution in [0.1, 0.15) is 11.6 Å². The second-order valence-electron chi connectivity index (χ2n) is 6.66. The zero-order valence-corrected chi connectivity index (χ0v) is 14.8. The molecule has 1 atom stereocenters. The molecule has 28 heavy (non-hydrogen) atoms. The standard InChI is InChI=1S/C22H16N4O2/c27-21-20(16-8-6-15(7-9-16)14-4-2-1-3-5-14)26(22(28)25-21)17-10-11-18-19(12-17)24-13-23-18/h1-13,20H,(H,23,24)(H,25,27,28). The van der Waals surface area contributed by atoms with Gasteiger partial charge in [0.05, 0.1) is 17.4 Å². The largest absolute Gasteiger partial charge is 0.345 e. The van der Waals surface area contributed by atoms with E-state index in [0.717, 1.165) is 27.7 Å². The number of H-pyrrole nitrogens is 1. The van der Waals surface area contributed by atoms with Gasteiger partial charge in [0.2, 0.25) is 0 Å². The molecule has 0 saturated carbocycles. The molecule has 3 aromatic carbocycles. The molecule has 5 rings (SSSR count). The average molecular weight is 368 g/mol. The lowest BCUT2D eigenvalue weighted by molar-refractivity contribution is -0.119. The summed E-state index contributed by atoms with van der Waals surface area (Å²) in [4.78, 5) is 33.8. The summed E-state index contributed by atoms with van der Waals surface area (Å²) in [5, 5.41) is 2.42. The highest BCUT2D eigenvalue weighted by molar-refractivity contribution is 6.15. The van der Waals surface area contributed by atoms with Crippen LogP contribution in [0.15, 0.2) is 79.1 Å². The fraction of sp³-hybridized carbons (Fsp3) is 0.0455. The van der Waals surface area contributed by atoms with Crippen molar-refractivity contribution >= 4 is 28.7 Å². The number of hydrogen-bond donors (Lipinski definition) is 2. The summed E-state index contributed by atoms with van der Waals surface area (Å²) in [6.45, 7) is 0. The van der Waals surface area contributed by atoms with E-state index in [0.29, 0.717) is 5.69 Å². The fourth-order valence-corrected chi connectivity index (χ4v) is 3.60. The summed E-state index contributed by atoms with van der Waals surface area (Å²) in [6, 6.07) is 22.1. The summed E-state index contributed by atoms with van der Waals surface area (Å²) in [5.74, 6) is -0.331. The predicted molar refractivity (Wildman–Crippen MR) is 107 cm³/mol. The molecule has 1 fully saturated rings. The third-order valence-corrected chi connectivity index (χ3v) is 4.97. The van der Waals surface area contributed by atoms with E-state index < -0.39 is 12.1 Å². The Morgan fingerprint density at radius 2 is 1.61 bits per heavy atom. The molecule has 0 aliphatic carbocycles. The Labute approximate surface area is 160 Å². The molecule has 1 aliphatic heterocycles. The maximum absolute atomic E-state index is 12.5. The number of anilines is 1. The number of benzene rings is 3. The molecule has 1 aliphatic rings. The van der Waals surface area contributed by atoms with Gasteiger partial charge in [-0.25, -0.2) is 9.78 Å². The first-order valence-electron chi connectivity index (χ1n) is 8.93. The fourth-order valence-electron chi connectivity index (χ4n) is 3.60. The number of nitrogens with one attached hydrogen (secondary N) is 2. The van der Waals surface area contributed by atoms with E-state index in [2.05, 4.69) is 15.3 Å². The Balaban J connectivity index is 1.53. The van der Waals surface area contributed by atoms with Gasteiger partial charge in [0.25, 0.3) is 5.91 Å². The second-order valence-corrected chi connectivity index (χ2v) is 6.66. The first-order valence-corrected chi connectivity index (χ1v) is 8.93. The van der Waals surface area contributed by atoms with Gasteiger partial charge in [-0.05, 0) is 34.9 Å². The number of aromatic nitrogens is 2. The van der Waals surface area contributed by atoms with E-state index in [-0.39, 0.29) is 5.91 Å². The summed E-state index contributed by atoms with van der Waals surface area (Å²) < 4.78 is 0. The topological polar surface area (TPSA) is 78.1 Å². The zero-order chi connectivity index (χ0) is 19.1. The van der Waals surface area contributed by atoms with Crippen LogP contribution in [0.4, 0.5) is 10.5 Å². The molecule has 6 nitrogen and oxygen atoms in total. The van der Waals surface area contributed by atoms with Crippen LogP contribution in [0.3, 0.4) is 0 Å². The summed E-state index contributed by atoms with van der Waals surface area (Å²) in [7, 11) is 0. The minimum Gasteiger partial charge on any atom is -0.345 e. The highest BCUT2D eigenvalue weighted by Crippen LogP contribution is 2.33. The molecule has 1 saturated heterocycles. The third kappa shape index (κ3) is 2.63. The summed E-state index contributed by atoms with van der Waals surface area (Å²) in [6.07, 6.45) is 1.60. The number of rotatable bonds is 3. The van der Waals surface area contributed by atoms with E-state index in [1.54, 1.807) is 12.4 Å². The van der Waals surface area contributed by atoms with Crippen molar-refractivity contribution in [3.63, 3.8) is 0 Å². The zero-order valence-electron chi connectivity index (χ0n) is 14.8. The molecule has 6 heteroatoms. The SMILES string of the molecule is O=C1NC(=O)N(c2ccc3nc[nH]c3c2)C1c1ccc(-c2ccccc2)cc1. The highest BCUT2D eigenvalue weighted by atomic mass is 16.2. The molecular formula is C22H16N4O2. The van der Waals surface area contributed by atoms with Crippen LogP contribution in [-0.2, 0) is 4.79 Å². The third-order valence-electron chi connectivity index (χ3n) is 4.97. The molecule has 3 amide bonds. The average Bonchev–Trinajstić information content (AvgIpc) is 3.31. The Morgan fingerprint density at radius 1 is 0.857 bits per heavy atom. The number of imidazole rings is 1. The maximum atomic E-state index is 12.5. The van der Waals surface area contributed by atoms with Gasteiger partial charge in [0, 0.05) is 5.69 Å². The van der Waals surface area contributed by atoms with Gasteiger partial charge in [-0.15, -0.1) is 0 Å². The van der Waals surface area contributed by atoms with Crippen LogP contribution in [0.5, 0.6) is 0 Å². The number of carbonyl (C=O) groups is 2. The molecule has 1 aromatic heterocycles. The monoisotopic (exact) mass is 368 g/mol. The van der Waals surface area contributed by atoms with Gasteiger partial charge in [0.1, 0.15) is 6.04 Å². The minimum absolute atomic E-state index is 0.331. The van der Waals surface area contributed by atoms with Crippen molar-refractivity contribution in [3.8, 4) is 11.1 Å². The number of amides is 3. The van der Waals surface area contributed by atoms with Gasteiger partial charge in [-0.2, -0.15) is 0 Å². The van der Waals surface area contributed by atoms with Crippen molar-refractivity contribution in [2.75, 3.05) is 4.90 Å². The summed E-state index contributed by atoms with van der Waals surface area (Å²) >= 11 is 0. The van der Waals surface area contributed by atoms with Gasteiger partial charge in [-0.3, -0.25) is 15.0 Å². The predicted octanol–water partition coefficient (Wildman–Crippen LogP) is 4.03. The number of fused-ring (bicyclic) bond motifs is 1. The summed E-state index contributed by atoms with van der Waals surface area (Å²) in [5.41, 5.74) is 5.16. The molecular weight excluding hydrogens is 352 g/mol. The number of hydrogen-bond acceptors (Lipinski definition) is 3. The van der Waals surface area contributed by atoms with Crippen LogP contribution >= 0.6 is 0 Å². The molecule has 0 radical (unpaired) electrons. The molecule has 136 valence electrons. The van der Waals surface area contributed by atoms with E-state index in [4.69, 9.17) is 0 Å². The number of imide groups is 1. The van der Waals surface area contributed by atoms with Crippen molar-refractivity contribution < 1.29 is 9.59 Å². The van der Waals surface area contributed by atoms with Crippen LogP contribution < -0.4 is 10.2 Å². The maximum Gasteiger partial charge on any atom is 0.329 e. The molecule has 0 bridgehead atoms. The van der Waals surface area contributed by atoms with E-state index in [1.807, 2.05) is 66.7 Å². The van der Waals surface area contributed by atoms with Crippen molar-refractivity contribution in [2.24, 2.45) is 0 Å². The second kappa shape index (κ2) is 6.35. The Kier molecular flexibility index (Phi) is 3.69. The Bertz CT molecular complexity index is 1180. The number of urea groups is 1. The van der Waals surface area contributed by atoms with Crippen molar-refractivity contribution in [1.82, 2.24) is 15.3 Å². The highest BCUT2D eigenvalue weighted by Gasteiger charge is 2.40. The van der Waals surface area contributed by atoms with E-state index in [1.165, 1.54) is 4.90 Å². The Morgan fingerprint density at radius 3 is 2.39 bits per heavy atom.